The van der Waals surface area contributed by atoms with Crippen molar-refractivity contribution in [2.45, 2.75) is 43.9 Å². The van der Waals surface area contributed by atoms with E-state index in [-0.39, 0.29) is 12.5 Å². The second kappa shape index (κ2) is 6.31. The molecule has 120 valence electrons. The first-order chi connectivity index (χ1) is 10.6. The maximum atomic E-state index is 11.2. The number of carbonyl (C=O) groups excluding carboxylic acids is 1. The first kappa shape index (κ1) is 15.4. The molecule has 3 rings (SSSR count). The number of ether oxygens (including phenoxy) is 3. The van der Waals surface area contributed by atoms with Crippen molar-refractivity contribution in [3.05, 3.63) is 35.9 Å². The molecule has 2 heterocycles. The number of rotatable bonds is 2. The molecule has 2 fully saturated rings. The number of amides is 1. The third kappa shape index (κ3) is 2.99. The Hall–Kier alpha value is -1.51. The molecule has 7 nitrogen and oxygen atoms in total. The van der Waals surface area contributed by atoms with Gasteiger partial charge in [0.1, 0.15) is 24.4 Å². The Morgan fingerprint density at radius 3 is 2.64 bits per heavy atom. The molecule has 6 atom stereocenters. The third-order valence-electron chi connectivity index (χ3n) is 3.83. The molecule has 0 radical (unpaired) electrons. The molecule has 0 aromatic heterocycles. The molecule has 1 amide bonds. The summed E-state index contributed by atoms with van der Waals surface area (Å²) in [5, 5.41) is 22.8. The van der Waals surface area contributed by atoms with Gasteiger partial charge in [-0.05, 0) is 0 Å². The lowest BCUT2D eigenvalue weighted by Gasteiger charge is -2.46. The average molecular weight is 309 g/mol. The van der Waals surface area contributed by atoms with E-state index < -0.39 is 36.9 Å². The minimum atomic E-state index is -1.30. The second-order valence-corrected chi connectivity index (χ2v) is 5.46. The standard InChI is InChI=1S/C15H19NO6/c1-8(17)16-11-12(18)13-10(21-14(11)19)7-20-15(22-13)9-5-3-2-4-6-9/h2-6,10-15,18-19H,7H2,1H3,(H,16,17)/t10-,11-,12-,13-,14+,15?/m1/s1. The predicted octanol–water partition coefficient (Wildman–Crippen LogP) is -0.317. The Morgan fingerprint density at radius 2 is 1.95 bits per heavy atom. The highest BCUT2D eigenvalue weighted by atomic mass is 16.7. The van der Waals surface area contributed by atoms with Crippen molar-refractivity contribution < 1.29 is 29.2 Å². The number of hydrogen-bond donors (Lipinski definition) is 3. The molecule has 3 N–H and O–H groups in total. The molecule has 0 spiro atoms. The van der Waals surface area contributed by atoms with E-state index in [0.29, 0.717) is 0 Å². The van der Waals surface area contributed by atoms with Gasteiger partial charge in [-0.25, -0.2) is 0 Å². The minimum Gasteiger partial charge on any atom is -0.388 e. The van der Waals surface area contributed by atoms with Gasteiger partial charge in [-0.3, -0.25) is 4.79 Å². The smallest absolute Gasteiger partial charge is 0.217 e. The van der Waals surface area contributed by atoms with Crippen LogP contribution in [0.5, 0.6) is 0 Å². The van der Waals surface area contributed by atoms with Crippen LogP contribution in [0.15, 0.2) is 30.3 Å². The zero-order valence-corrected chi connectivity index (χ0v) is 12.1. The molecule has 2 aliphatic rings. The van der Waals surface area contributed by atoms with Gasteiger partial charge in [0, 0.05) is 12.5 Å². The van der Waals surface area contributed by atoms with Crippen LogP contribution in [0, 0.1) is 0 Å². The Bertz CT molecular complexity index is 524. The molecular formula is C15H19NO6. The molecule has 1 aromatic rings. The van der Waals surface area contributed by atoms with Crippen molar-refractivity contribution in [2.24, 2.45) is 0 Å². The van der Waals surface area contributed by atoms with E-state index in [1.165, 1.54) is 6.92 Å². The van der Waals surface area contributed by atoms with Crippen LogP contribution < -0.4 is 5.32 Å². The molecule has 1 unspecified atom stereocenters. The fraction of sp³-hybridized carbons (Fsp3) is 0.533. The van der Waals surface area contributed by atoms with Gasteiger partial charge in [0.2, 0.25) is 5.91 Å². The summed E-state index contributed by atoms with van der Waals surface area (Å²) in [6.07, 6.45) is -4.29. The third-order valence-corrected chi connectivity index (χ3v) is 3.83. The van der Waals surface area contributed by atoms with Gasteiger partial charge < -0.3 is 29.7 Å². The van der Waals surface area contributed by atoms with Crippen LogP contribution in [0.3, 0.4) is 0 Å². The molecule has 7 heteroatoms. The number of carbonyl (C=O) groups is 1. The first-order valence-corrected chi connectivity index (χ1v) is 7.17. The van der Waals surface area contributed by atoms with E-state index in [1.54, 1.807) is 0 Å². The van der Waals surface area contributed by atoms with Crippen LogP contribution in [0.2, 0.25) is 0 Å². The summed E-state index contributed by atoms with van der Waals surface area (Å²) in [6.45, 7) is 1.49. The summed E-state index contributed by atoms with van der Waals surface area (Å²) in [7, 11) is 0. The molecular weight excluding hydrogens is 290 g/mol. The maximum Gasteiger partial charge on any atom is 0.217 e. The maximum absolute atomic E-state index is 11.2. The molecule has 0 aliphatic carbocycles. The highest BCUT2D eigenvalue weighted by molar-refractivity contribution is 5.73. The van der Waals surface area contributed by atoms with E-state index in [0.717, 1.165) is 5.56 Å². The lowest BCUT2D eigenvalue weighted by molar-refractivity contribution is -0.337. The van der Waals surface area contributed by atoms with Crippen LogP contribution in [0.4, 0.5) is 0 Å². The van der Waals surface area contributed by atoms with E-state index in [2.05, 4.69) is 5.32 Å². The van der Waals surface area contributed by atoms with E-state index >= 15 is 0 Å². The van der Waals surface area contributed by atoms with Crippen molar-refractivity contribution in [2.75, 3.05) is 6.61 Å². The Labute approximate surface area is 127 Å². The topological polar surface area (TPSA) is 97.3 Å². The lowest BCUT2D eigenvalue weighted by Crippen LogP contribution is -2.66. The normalized spacial score (nSPS) is 38.1. The van der Waals surface area contributed by atoms with Crippen molar-refractivity contribution >= 4 is 5.91 Å². The Balaban J connectivity index is 1.75. The number of aliphatic hydroxyl groups excluding tert-OH is 2. The number of benzene rings is 1. The largest absolute Gasteiger partial charge is 0.388 e. The van der Waals surface area contributed by atoms with Crippen LogP contribution in [-0.2, 0) is 19.0 Å². The van der Waals surface area contributed by atoms with Gasteiger partial charge in [-0.2, -0.15) is 0 Å². The zero-order valence-electron chi connectivity index (χ0n) is 12.1. The number of nitrogens with one attached hydrogen (secondary N) is 1. The van der Waals surface area contributed by atoms with Crippen LogP contribution in [-0.4, -0.2) is 53.4 Å². The van der Waals surface area contributed by atoms with Gasteiger partial charge in [0.05, 0.1) is 6.61 Å². The summed E-state index contributed by atoms with van der Waals surface area (Å²) in [5.41, 5.74) is 0.829. The zero-order chi connectivity index (χ0) is 15.7. The highest BCUT2D eigenvalue weighted by Gasteiger charge is 2.49. The summed E-state index contributed by atoms with van der Waals surface area (Å²) in [4.78, 5) is 11.2. The van der Waals surface area contributed by atoms with Crippen LogP contribution >= 0.6 is 0 Å². The fourth-order valence-electron chi connectivity index (χ4n) is 2.78. The van der Waals surface area contributed by atoms with Gasteiger partial charge in [-0.15, -0.1) is 0 Å². The van der Waals surface area contributed by atoms with Gasteiger partial charge in [-0.1, -0.05) is 30.3 Å². The SMILES string of the molecule is CC(=O)N[C@@H]1[C@@H](O)[C@@H]2OC(c3ccccc3)OC[C@H]2O[C@@H]1O. The molecule has 0 saturated carbocycles. The van der Waals surface area contributed by atoms with Crippen molar-refractivity contribution in [1.82, 2.24) is 5.32 Å². The highest BCUT2D eigenvalue weighted by Crippen LogP contribution is 2.33. The number of fused-ring (bicyclic) bond motifs is 1. The second-order valence-electron chi connectivity index (χ2n) is 5.46. The molecule has 2 saturated heterocycles. The quantitative estimate of drug-likeness (QED) is 0.693. The van der Waals surface area contributed by atoms with Crippen molar-refractivity contribution in [3.63, 3.8) is 0 Å². The van der Waals surface area contributed by atoms with Gasteiger partial charge >= 0.3 is 0 Å². The number of aliphatic hydroxyl groups is 2. The summed E-state index contributed by atoms with van der Waals surface area (Å²) in [6, 6.07) is 8.41. The van der Waals surface area contributed by atoms with E-state index in [4.69, 9.17) is 14.2 Å². The van der Waals surface area contributed by atoms with Crippen molar-refractivity contribution in [3.8, 4) is 0 Å². The average Bonchev–Trinajstić information content (AvgIpc) is 2.52. The molecule has 2 aliphatic heterocycles. The van der Waals surface area contributed by atoms with Crippen molar-refractivity contribution in [1.29, 1.82) is 0 Å². The Morgan fingerprint density at radius 1 is 1.23 bits per heavy atom. The molecule has 0 bridgehead atoms. The van der Waals surface area contributed by atoms with E-state index in [1.807, 2.05) is 30.3 Å². The molecule has 22 heavy (non-hydrogen) atoms. The molecule has 1 aromatic carbocycles. The minimum absolute atomic E-state index is 0.186. The lowest BCUT2D eigenvalue weighted by atomic mass is 9.96. The fourth-order valence-corrected chi connectivity index (χ4v) is 2.78. The Kier molecular flexibility index (Phi) is 4.42. The number of hydrogen-bond acceptors (Lipinski definition) is 6. The first-order valence-electron chi connectivity index (χ1n) is 7.17. The van der Waals surface area contributed by atoms with Gasteiger partial charge in [0.15, 0.2) is 12.6 Å². The van der Waals surface area contributed by atoms with Crippen LogP contribution in [0.25, 0.3) is 0 Å². The monoisotopic (exact) mass is 309 g/mol. The van der Waals surface area contributed by atoms with Gasteiger partial charge in [0.25, 0.3) is 0 Å². The predicted molar refractivity (Wildman–Crippen MR) is 74.5 cm³/mol. The van der Waals surface area contributed by atoms with E-state index in [9.17, 15) is 15.0 Å². The summed E-state index contributed by atoms with van der Waals surface area (Å²) < 4.78 is 16.8. The summed E-state index contributed by atoms with van der Waals surface area (Å²) in [5.74, 6) is -0.364. The van der Waals surface area contributed by atoms with Crippen LogP contribution in [0.1, 0.15) is 18.8 Å². The summed E-state index contributed by atoms with van der Waals surface area (Å²) >= 11 is 0.